The summed E-state index contributed by atoms with van der Waals surface area (Å²) in [4.78, 5) is 33.8. The Labute approximate surface area is 134 Å². The fourth-order valence-corrected chi connectivity index (χ4v) is 3.64. The van der Waals surface area contributed by atoms with Gasteiger partial charge in [-0.05, 0) is 43.4 Å². The molecule has 2 atom stereocenters. The second-order valence-corrected chi connectivity index (χ2v) is 6.91. The third kappa shape index (κ3) is 2.64. The molecule has 1 saturated carbocycles. The van der Waals surface area contributed by atoms with E-state index in [-0.39, 0.29) is 11.5 Å². The average molecular weight is 311 g/mol. The van der Waals surface area contributed by atoms with E-state index in [4.69, 9.17) is 0 Å². The standard InChI is InChI=1S/C18H21N3O2/c1-11-9-14(11)18(23)21-7-4-12(5-8-21)15-10-16-13(17(22)20-15)3-2-6-19-16/h2-3,6,10-12,14H,4-5,7-9H2,1H3,(H,20,22). The molecule has 1 aliphatic heterocycles. The zero-order valence-electron chi connectivity index (χ0n) is 13.3. The van der Waals surface area contributed by atoms with Gasteiger partial charge in [-0.15, -0.1) is 0 Å². The minimum atomic E-state index is -0.0732. The SMILES string of the molecule is CC1CC1C(=O)N1CCC(c2cc3ncccc3c(=O)[nH]2)CC1. The predicted molar refractivity (Wildman–Crippen MR) is 88.2 cm³/mol. The van der Waals surface area contributed by atoms with E-state index in [1.807, 2.05) is 11.0 Å². The summed E-state index contributed by atoms with van der Waals surface area (Å²) in [6, 6.07) is 5.56. The number of hydrogen-bond donors (Lipinski definition) is 1. The molecule has 2 aliphatic rings. The van der Waals surface area contributed by atoms with Gasteiger partial charge in [0.05, 0.1) is 10.9 Å². The van der Waals surface area contributed by atoms with Crippen molar-refractivity contribution in [3.05, 3.63) is 40.4 Å². The third-order valence-electron chi connectivity index (χ3n) is 5.31. The Bertz CT molecular complexity index is 805. The first-order chi connectivity index (χ1) is 11.1. The molecule has 2 aromatic rings. The molecule has 23 heavy (non-hydrogen) atoms. The number of aromatic amines is 1. The van der Waals surface area contributed by atoms with Crippen LogP contribution >= 0.6 is 0 Å². The van der Waals surface area contributed by atoms with Crippen molar-refractivity contribution >= 4 is 16.8 Å². The molecular formula is C18H21N3O2. The number of carbonyl (C=O) groups excluding carboxylic acids is 1. The fraction of sp³-hybridized carbons (Fsp3) is 0.500. The number of likely N-dealkylation sites (tertiary alicyclic amines) is 1. The molecule has 4 rings (SSSR count). The Balaban J connectivity index is 1.50. The predicted octanol–water partition coefficient (Wildman–Crippen LogP) is 2.29. The summed E-state index contributed by atoms with van der Waals surface area (Å²) in [6.07, 6.45) is 4.56. The van der Waals surface area contributed by atoms with E-state index in [1.54, 1.807) is 18.3 Å². The maximum Gasteiger partial charge on any atom is 0.257 e. The molecular weight excluding hydrogens is 290 g/mol. The Morgan fingerprint density at radius 1 is 1.35 bits per heavy atom. The second kappa shape index (κ2) is 5.48. The van der Waals surface area contributed by atoms with E-state index in [2.05, 4.69) is 16.9 Å². The third-order valence-corrected chi connectivity index (χ3v) is 5.31. The van der Waals surface area contributed by atoms with Crippen molar-refractivity contribution in [1.82, 2.24) is 14.9 Å². The first-order valence-corrected chi connectivity index (χ1v) is 8.40. The van der Waals surface area contributed by atoms with Crippen LogP contribution in [-0.4, -0.2) is 33.9 Å². The molecule has 2 aromatic heterocycles. The number of fused-ring (bicyclic) bond motifs is 1. The minimum Gasteiger partial charge on any atom is -0.342 e. The summed E-state index contributed by atoms with van der Waals surface area (Å²) in [5.74, 6) is 1.44. The Morgan fingerprint density at radius 3 is 2.78 bits per heavy atom. The number of carbonyl (C=O) groups is 1. The highest BCUT2D eigenvalue weighted by Gasteiger charge is 2.42. The molecule has 120 valence electrons. The largest absolute Gasteiger partial charge is 0.342 e. The van der Waals surface area contributed by atoms with Crippen LogP contribution in [-0.2, 0) is 4.79 Å². The lowest BCUT2D eigenvalue weighted by Gasteiger charge is -2.32. The van der Waals surface area contributed by atoms with Gasteiger partial charge >= 0.3 is 0 Å². The van der Waals surface area contributed by atoms with Crippen molar-refractivity contribution in [2.24, 2.45) is 11.8 Å². The van der Waals surface area contributed by atoms with Crippen LogP contribution in [0.1, 0.15) is 37.8 Å². The van der Waals surface area contributed by atoms with E-state index >= 15 is 0 Å². The molecule has 1 N–H and O–H groups in total. The Kier molecular flexibility index (Phi) is 3.43. The maximum atomic E-state index is 12.3. The van der Waals surface area contributed by atoms with E-state index < -0.39 is 0 Å². The zero-order chi connectivity index (χ0) is 16.0. The van der Waals surface area contributed by atoms with E-state index in [0.717, 1.165) is 43.6 Å². The van der Waals surface area contributed by atoms with Crippen LogP contribution in [0, 0.1) is 11.8 Å². The van der Waals surface area contributed by atoms with Crippen molar-refractivity contribution in [2.75, 3.05) is 13.1 Å². The number of H-pyrrole nitrogens is 1. The topological polar surface area (TPSA) is 66.1 Å². The minimum absolute atomic E-state index is 0.0732. The van der Waals surface area contributed by atoms with Gasteiger partial charge in [0.2, 0.25) is 5.91 Å². The lowest BCUT2D eigenvalue weighted by atomic mass is 9.92. The molecule has 0 radical (unpaired) electrons. The van der Waals surface area contributed by atoms with E-state index in [0.29, 0.717) is 23.1 Å². The van der Waals surface area contributed by atoms with E-state index in [1.165, 1.54) is 0 Å². The molecule has 1 aliphatic carbocycles. The van der Waals surface area contributed by atoms with Gasteiger partial charge in [-0.1, -0.05) is 6.92 Å². The zero-order valence-corrected chi connectivity index (χ0v) is 13.3. The molecule has 5 nitrogen and oxygen atoms in total. The fourth-order valence-electron chi connectivity index (χ4n) is 3.64. The van der Waals surface area contributed by atoms with Crippen LogP contribution in [0.25, 0.3) is 10.9 Å². The van der Waals surface area contributed by atoms with Crippen molar-refractivity contribution in [1.29, 1.82) is 0 Å². The number of amides is 1. The first-order valence-electron chi connectivity index (χ1n) is 8.40. The average Bonchev–Trinajstić information content (AvgIpc) is 3.31. The monoisotopic (exact) mass is 311 g/mol. The Morgan fingerprint density at radius 2 is 2.09 bits per heavy atom. The van der Waals surface area contributed by atoms with Crippen molar-refractivity contribution in [3.8, 4) is 0 Å². The molecule has 0 aromatic carbocycles. The van der Waals surface area contributed by atoms with Crippen LogP contribution < -0.4 is 5.56 Å². The summed E-state index contributed by atoms with van der Waals surface area (Å²) < 4.78 is 0. The molecule has 0 spiro atoms. The van der Waals surface area contributed by atoms with Gasteiger partial charge in [0.25, 0.3) is 5.56 Å². The van der Waals surface area contributed by atoms with Crippen LogP contribution in [0.2, 0.25) is 0 Å². The van der Waals surface area contributed by atoms with Crippen molar-refractivity contribution in [2.45, 2.75) is 32.1 Å². The highest BCUT2D eigenvalue weighted by atomic mass is 16.2. The lowest BCUT2D eigenvalue weighted by molar-refractivity contribution is -0.133. The smallest absolute Gasteiger partial charge is 0.257 e. The lowest BCUT2D eigenvalue weighted by Crippen LogP contribution is -2.39. The van der Waals surface area contributed by atoms with Crippen molar-refractivity contribution in [3.63, 3.8) is 0 Å². The highest BCUT2D eigenvalue weighted by Crippen LogP contribution is 2.40. The first kappa shape index (κ1) is 14.4. The summed E-state index contributed by atoms with van der Waals surface area (Å²) in [5, 5.41) is 0.631. The summed E-state index contributed by atoms with van der Waals surface area (Å²) in [5.41, 5.74) is 1.63. The van der Waals surface area contributed by atoms with Gasteiger partial charge in [0.1, 0.15) is 0 Å². The number of nitrogens with one attached hydrogen (secondary N) is 1. The number of aromatic nitrogens is 2. The van der Waals surface area contributed by atoms with E-state index in [9.17, 15) is 9.59 Å². The molecule has 2 fully saturated rings. The molecule has 1 saturated heterocycles. The number of pyridine rings is 2. The molecule has 3 heterocycles. The molecule has 2 unspecified atom stereocenters. The van der Waals surface area contributed by atoms with Gasteiger partial charge in [-0.25, -0.2) is 0 Å². The summed E-state index contributed by atoms with van der Waals surface area (Å²) in [6.45, 7) is 3.71. The van der Waals surface area contributed by atoms with Gasteiger partial charge in [-0.3, -0.25) is 14.6 Å². The van der Waals surface area contributed by atoms with Gasteiger partial charge in [-0.2, -0.15) is 0 Å². The van der Waals surface area contributed by atoms with Gasteiger partial charge in [0, 0.05) is 36.8 Å². The summed E-state index contributed by atoms with van der Waals surface area (Å²) >= 11 is 0. The quantitative estimate of drug-likeness (QED) is 0.925. The number of piperidine rings is 1. The van der Waals surface area contributed by atoms with Crippen LogP contribution in [0.15, 0.2) is 29.2 Å². The van der Waals surface area contributed by atoms with Gasteiger partial charge in [0.15, 0.2) is 0 Å². The van der Waals surface area contributed by atoms with Gasteiger partial charge < -0.3 is 9.88 Å². The normalized spacial score (nSPS) is 24.8. The molecule has 1 amide bonds. The second-order valence-electron chi connectivity index (χ2n) is 6.91. The Hall–Kier alpha value is -2.17. The molecule has 5 heteroatoms. The van der Waals surface area contributed by atoms with Crippen LogP contribution in [0.5, 0.6) is 0 Å². The highest BCUT2D eigenvalue weighted by molar-refractivity contribution is 5.81. The summed E-state index contributed by atoms with van der Waals surface area (Å²) in [7, 11) is 0. The van der Waals surface area contributed by atoms with Crippen LogP contribution in [0.4, 0.5) is 0 Å². The van der Waals surface area contributed by atoms with Crippen molar-refractivity contribution < 1.29 is 4.79 Å². The number of nitrogens with zero attached hydrogens (tertiary/aromatic N) is 2. The molecule has 0 bridgehead atoms. The number of rotatable bonds is 2. The van der Waals surface area contributed by atoms with Crippen LogP contribution in [0.3, 0.4) is 0 Å². The maximum absolute atomic E-state index is 12.3. The number of hydrogen-bond acceptors (Lipinski definition) is 3.